The molecule has 0 radical (unpaired) electrons. The molecule has 0 aliphatic rings. The first-order chi connectivity index (χ1) is 7.63. The van der Waals surface area contributed by atoms with Crippen molar-refractivity contribution in [3.05, 3.63) is 18.0 Å². The Bertz CT molecular complexity index is 296. The molecular weight excluding hydrogens is 202 g/mol. The van der Waals surface area contributed by atoms with Gasteiger partial charge in [-0.15, -0.1) is 0 Å². The van der Waals surface area contributed by atoms with Gasteiger partial charge in [0.2, 0.25) is 0 Å². The minimum absolute atomic E-state index is 0.306. The maximum Gasteiger partial charge on any atom is 0.0594 e. The molecule has 0 bridgehead atoms. The Morgan fingerprint density at radius 3 is 2.75 bits per heavy atom. The first kappa shape index (κ1) is 13.2. The van der Waals surface area contributed by atoms with Gasteiger partial charge in [0, 0.05) is 31.4 Å². The number of aromatic nitrogens is 2. The molecule has 1 aromatic rings. The minimum atomic E-state index is 0.306. The maximum absolute atomic E-state index is 5.49. The summed E-state index contributed by atoms with van der Waals surface area (Å²) in [5.41, 5.74) is 1.24. The number of ether oxygens (including phenoxy) is 1. The van der Waals surface area contributed by atoms with Gasteiger partial charge in [-0.25, -0.2) is 0 Å². The van der Waals surface area contributed by atoms with Crippen LogP contribution in [0.15, 0.2) is 12.4 Å². The van der Waals surface area contributed by atoms with Gasteiger partial charge < -0.3 is 10.1 Å². The zero-order chi connectivity index (χ0) is 12.0. The Kier molecular flexibility index (Phi) is 5.49. The Hall–Kier alpha value is -0.870. The Morgan fingerprint density at radius 1 is 1.50 bits per heavy atom. The number of nitrogens with one attached hydrogen (secondary N) is 1. The van der Waals surface area contributed by atoms with E-state index in [-0.39, 0.29) is 0 Å². The topological polar surface area (TPSA) is 39.1 Å². The molecular formula is C12H23N3O. The van der Waals surface area contributed by atoms with Crippen molar-refractivity contribution in [2.45, 2.75) is 39.3 Å². The molecule has 0 fully saturated rings. The lowest BCUT2D eigenvalue weighted by Gasteiger charge is -2.16. The molecule has 0 saturated heterocycles. The van der Waals surface area contributed by atoms with Gasteiger partial charge in [0.15, 0.2) is 0 Å². The second kappa shape index (κ2) is 6.66. The normalized spacial score (nSPS) is 13.3. The molecule has 0 spiro atoms. The van der Waals surface area contributed by atoms with E-state index < -0.39 is 0 Å². The van der Waals surface area contributed by atoms with Gasteiger partial charge in [-0.1, -0.05) is 6.92 Å². The third-order valence-corrected chi connectivity index (χ3v) is 2.48. The number of hydrogen-bond donors (Lipinski definition) is 1. The average molecular weight is 225 g/mol. The van der Waals surface area contributed by atoms with E-state index in [0.717, 1.165) is 19.6 Å². The van der Waals surface area contributed by atoms with Gasteiger partial charge in [0.05, 0.1) is 18.9 Å². The molecule has 0 amide bonds. The summed E-state index contributed by atoms with van der Waals surface area (Å²) in [6.07, 6.45) is 5.35. The van der Waals surface area contributed by atoms with Crippen molar-refractivity contribution in [2.75, 3.05) is 13.2 Å². The van der Waals surface area contributed by atoms with E-state index in [0.29, 0.717) is 12.1 Å². The van der Waals surface area contributed by atoms with Gasteiger partial charge in [0.25, 0.3) is 0 Å². The number of nitrogens with zero attached hydrogens (tertiary/aromatic N) is 2. The Morgan fingerprint density at radius 2 is 2.25 bits per heavy atom. The van der Waals surface area contributed by atoms with Crippen molar-refractivity contribution in [3.63, 3.8) is 0 Å². The molecule has 92 valence electrons. The monoisotopic (exact) mass is 225 g/mol. The summed E-state index contributed by atoms with van der Waals surface area (Å²) in [4.78, 5) is 0. The summed E-state index contributed by atoms with van der Waals surface area (Å²) >= 11 is 0. The third-order valence-electron chi connectivity index (χ3n) is 2.48. The summed E-state index contributed by atoms with van der Waals surface area (Å²) < 4.78 is 7.33. The predicted molar refractivity (Wildman–Crippen MR) is 65.3 cm³/mol. The lowest BCUT2D eigenvalue weighted by molar-refractivity contribution is 0.0792. The van der Waals surface area contributed by atoms with Gasteiger partial charge in [0.1, 0.15) is 0 Å². The van der Waals surface area contributed by atoms with Crippen LogP contribution in [0.1, 0.15) is 38.8 Å². The molecule has 1 aromatic heterocycles. The fourth-order valence-electron chi connectivity index (χ4n) is 1.65. The van der Waals surface area contributed by atoms with Crippen LogP contribution < -0.4 is 5.32 Å². The summed E-state index contributed by atoms with van der Waals surface area (Å²) in [6.45, 7) is 7.92. The largest absolute Gasteiger partial charge is 0.377 e. The highest BCUT2D eigenvalue weighted by atomic mass is 16.5. The molecule has 1 atom stereocenters. The fraction of sp³-hybridized carbons (Fsp3) is 0.750. The van der Waals surface area contributed by atoms with Crippen LogP contribution in [0.4, 0.5) is 0 Å². The maximum atomic E-state index is 5.49. The second-order valence-corrected chi connectivity index (χ2v) is 4.28. The SMILES string of the molecule is CCC(NCCOC(C)C)c1cnn(C)c1. The number of rotatable bonds is 7. The summed E-state index contributed by atoms with van der Waals surface area (Å²) in [5.74, 6) is 0. The van der Waals surface area contributed by atoms with Crippen LogP contribution in [-0.2, 0) is 11.8 Å². The summed E-state index contributed by atoms with van der Waals surface area (Å²) in [7, 11) is 1.94. The number of aryl methyl sites for hydroxylation is 1. The Labute approximate surface area is 98.0 Å². The van der Waals surface area contributed by atoms with Gasteiger partial charge in [-0.3, -0.25) is 4.68 Å². The average Bonchev–Trinajstić information content (AvgIpc) is 2.64. The van der Waals surface area contributed by atoms with Crippen LogP contribution in [-0.4, -0.2) is 29.0 Å². The van der Waals surface area contributed by atoms with Crippen molar-refractivity contribution in [2.24, 2.45) is 7.05 Å². The molecule has 0 aliphatic carbocycles. The van der Waals surface area contributed by atoms with E-state index in [1.807, 2.05) is 17.9 Å². The van der Waals surface area contributed by atoms with Gasteiger partial charge in [-0.05, 0) is 20.3 Å². The van der Waals surface area contributed by atoms with E-state index in [1.165, 1.54) is 5.56 Å². The van der Waals surface area contributed by atoms with E-state index in [4.69, 9.17) is 4.74 Å². The first-order valence-electron chi connectivity index (χ1n) is 5.97. The standard InChI is InChI=1S/C12H23N3O/c1-5-12(11-8-14-15(4)9-11)13-6-7-16-10(2)3/h8-10,12-13H,5-7H2,1-4H3. The Balaban J connectivity index is 2.32. The van der Waals surface area contributed by atoms with Crippen molar-refractivity contribution < 1.29 is 4.74 Å². The fourth-order valence-corrected chi connectivity index (χ4v) is 1.65. The zero-order valence-corrected chi connectivity index (χ0v) is 10.7. The van der Waals surface area contributed by atoms with Crippen LogP contribution in [0.2, 0.25) is 0 Å². The van der Waals surface area contributed by atoms with Crippen molar-refractivity contribution >= 4 is 0 Å². The van der Waals surface area contributed by atoms with Crippen molar-refractivity contribution in [1.29, 1.82) is 0 Å². The van der Waals surface area contributed by atoms with Gasteiger partial charge in [-0.2, -0.15) is 5.10 Å². The van der Waals surface area contributed by atoms with E-state index in [9.17, 15) is 0 Å². The van der Waals surface area contributed by atoms with Gasteiger partial charge >= 0.3 is 0 Å². The van der Waals surface area contributed by atoms with Crippen molar-refractivity contribution in [1.82, 2.24) is 15.1 Å². The van der Waals surface area contributed by atoms with Crippen molar-refractivity contribution in [3.8, 4) is 0 Å². The van der Waals surface area contributed by atoms with Crippen LogP contribution in [0.3, 0.4) is 0 Å². The first-order valence-corrected chi connectivity index (χ1v) is 5.97. The molecule has 1 heterocycles. The smallest absolute Gasteiger partial charge is 0.0594 e. The highest BCUT2D eigenvalue weighted by Gasteiger charge is 2.09. The molecule has 0 aromatic carbocycles. The third kappa shape index (κ3) is 4.33. The van der Waals surface area contributed by atoms with Crippen LogP contribution in [0.5, 0.6) is 0 Å². The number of hydrogen-bond acceptors (Lipinski definition) is 3. The zero-order valence-electron chi connectivity index (χ0n) is 10.7. The lowest BCUT2D eigenvalue weighted by atomic mass is 10.1. The molecule has 4 heteroatoms. The highest BCUT2D eigenvalue weighted by molar-refractivity contribution is 5.09. The molecule has 0 saturated carbocycles. The minimum Gasteiger partial charge on any atom is -0.377 e. The van der Waals surface area contributed by atoms with E-state index in [1.54, 1.807) is 0 Å². The molecule has 0 aliphatic heterocycles. The van der Waals surface area contributed by atoms with Crippen LogP contribution in [0, 0.1) is 0 Å². The summed E-state index contributed by atoms with van der Waals surface area (Å²) in [6, 6.07) is 0.379. The quantitative estimate of drug-likeness (QED) is 0.720. The highest BCUT2D eigenvalue weighted by Crippen LogP contribution is 2.14. The molecule has 1 rings (SSSR count). The van der Waals surface area contributed by atoms with Crippen LogP contribution in [0.25, 0.3) is 0 Å². The lowest BCUT2D eigenvalue weighted by Crippen LogP contribution is -2.25. The van der Waals surface area contributed by atoms with E-state index in [2.05, 4.69) is 37.4 Å². The molecule has 1 N–H and O–H groups in total. The summed E-state index contributed by atoms with van der Waals surface area (Å²) in [5, 5.41) is 7.66. The molecule has 1 unspecified atom stereocenters. The molecule has 16 heavy (non-hydrogen) atoms. The molecule has 4 nitrogen and oxygen atoms in total. The van der Waals surface area contributed by atoms with Crippen LogP contribution >= 0.6 is 0 Å². The predicted octanol–water partition coefficient (Wildman–Crippen LogP) is 1.89. The van der Waals surface area contributed by atoms with E-state index >= 15 is 0 Å². The second-order valence-electron chi connectivity index (χ2n) is 4.28.